The summed E-state index contributed by atoms with van der Waals surface area (Å²) < 4.78 is 1.88. The number of carbonyl (C=O) groups is 1. The predicted octanol–water partition coefficient (Wildman–Crippen LogP) is 5.92. The van der Waals surface area contributed by atoms with E-state index in [4.69, 9.17) is 4.98 Å². The second kappa shape index (κ2) is 7.81. The van der Waals surface area contributed by atoms with Crippen molar-refractivity contribution in [2.45, 2.75) is 20.4 Å². The molecule has 0 aliphatic heterocycles. The molecule has 0 spiro atoms. The van der Waals surface area contributed by atoms with Gasteiger partial charge in [-0.3, -0.25) is 14.7 Å². The van der Waals surface area contributed by atoms with E-state index in [2.05, 4.69) is 40.0 Å². The van der Waals surface area contributed by atoms with E-state index < -0.39 is 0 Å². The average molecular weight is 452 g/mol. The molecule has 4 rings (SSSR count). The van der Waals surface area contributed by atoms with Crippen LogP contribution in [0.4, 0.5) is 5.13 Å². The Balaban J connectivity index is 1.83. The van der Waals surface area contributed by atoms with Gasteiger partial charge in [-0.05, 0) is 65.2 Å². The first-order valence-electron chi connectivity index (χ1n) is 8.87. The molecule has 2 aromatic heterocycles. The minimum Gasteiger partial charge on any atom is -0.278 e. The first-order chi connectivity index (χ1) is 13.5. The summed E-state index contributed by atoms with van der Waals surface area (Å²) in [5.74, 6) is -0.104. The van der Waals surface area contributed by atoms with Crippen LogP contribution in [0.2, 0.25) is 0 Å². The Hall–Kier alpha value is -2.57. The second-order valence-electron chi connectivity index (χ2n) is 6.57. The molecular weight excluding hydrogens is 434 g/mol. The Morgan fingerprint density at radius 2 is 1.79 bits per heavy atom. The molecular formula is C22H18BrN3OS. The molecule has 0 unspecified atom stereocenters. The molecule has 0 saturated heterocycles. The van der Waals surface area contributed by atoms with Crippen molar-refractivity contribution in [1.29, 1.82) is 0 Å². The monoisotopic (exact) mass is 451 g/mol. The third-order valence-electron chi connectivity index (χ3n) is 4.56. The minimum absolute atomic E-state index is 0.104. The van der Waals surface area contributed by atoms with E-state index >= 15 is 0 Å². The zero-order chi connectivity index (χ0) is 19.7. The van der Waals surface area contributed by atoms with Crippen LogP contribution in [-0.2, 0) is 6.54 Å². The number of benzene rings is 2. The molecule has 0 atom stereocenters. The van der Waals surface area contributed by atoms with Gasteiger partial charge in [0.2, 0.25) is 0 Å². The van der Waals surface area contributed by atoms with Gasteiger partial charge in [0.1, 0.15) is 0 Å². The summed E-state index contributed by atoms with van der Waals surface area (Å²) in [5, 5.41) is 0.679. The number of hydrogen-bond donors (Lipinski definition) is 0. The molecule has 4 nitrogen and oxygen atoms in total. The molecule has 0 aliphatic rings. The number of nitrogens with zero attached hydrogens (tertiary/aromatic N) is 3. The summed E-state index contributed by atoms with van der Waals surface area (Å²) in [6.07, 6.45) is 1.74. The molecule has 0 bridgehead atoms. The van der Waals surface area contributed by atoms with Crippen LogP contribution >= 0.6 is 27.3 Å². The largest absolute Gasteiger partial charge is 0.278 e. The number of amides is 1. The minimum atomic E-state index is -0.104. The lowest BCUT2D eigenvalue weighted by atomic mass is 10.1. The summed E-state index contributed by atoms with van der Waals surface area (Å²) >= 11 is 5.05. The van der Waals surface area contributed by atoms with Crippen LogP contribution in [0.25, 0.3) is 10.2 Å². The molecule has 28 heavy (non-hydrogen) atoms. The van der Waals surface area contributed by atoms with E-state index in [1.807, 2.05) is 49.4 Å². The van der Waals surface area contributed by atoms with Crippen molar-refractivity contribution >= 4 is 48.5 Å². The quantitative estimate of drug-likeness (QED) is 0.386. The van der Waals surface area contributed by atoms with E-state index in [9.17, 15) is 4.79 Å². The second-order valence-corrected chi connectivity index (χ2v) is 8.40. The summed E-state index contributed by atoms with van der Waals surface area (Å²) in [4.78, 5) is 24.4. The van der Waals surface area contributed by atoms with Crippen LogP contribution in [0, 0.1) is 13.8 Å². The lowest BCUT2D eigenvalue weighted by Gasteiger charge is -2.20. The van der Waals surface area contributed by atoms with Gasteiger partial charge in [0.05, 0.1) is 28.0 Å². The van der Waals surface area contributed by atoms with Crippen molar-refractivity contribution in [2.24, 2.45) is 0 Å². The molecule has 6 heteroatoms. The van der Waals surface area contributed by atoms with Gasteiger partial charge in [-0.2, -0.15) is 0 Å². The molecule has 140 valence electrons. The molecule has 0 saturated carbocycles. The summed E-state index contributed by atoms with van der Waals surface area (Å²) in [7, 11) is 0. The number of aryl methyl sites for hydroxylation is 2. The van der Waals surface area contributed by atoms with Crippen molar-refractivity contribution in [3.05, 3.63) is 87.7 Å². The summed E-state index contributed by atoms with van der Waals surface area (Å²) in [6.45, 7) is 4.48. The predicted molar refractivity (Wildman–Crippen MR) is 118 cm³/mol. The van der Waals surface area contributed by atoms with E-state index in [1.165, 1.54) is 0 Å². The fourth-order valence-corrected chi connectivity index (χ4v) is 4.59. The van der Waals surface area contributed by atoms with Crippen molar-refractivity contribution in [3.8, 4) is 0 Å². The number of pyridine rings is 1. The highest BCUT2D eigenvalue weighted by molar-refractivity contribution is 9.10. The molecule has 1 amide bonds. The van der Waals surface area contributed by atoms with Crippen LogP contribution < -0.4 is 4.90 Å². The molecule has 2 heterocycles. The molecule has 0 fully saturated rings. The van der Waals surface area contributed by atoms with Crippen molar-refractivity contribution in [3.63, 3.8) is 0 Å². The maximum atomic E-state index is 13.5. The van der Waals surface area contributed by atoms with Crippen LogP contribution in [0.1, 0.15) is 27.2 Å². The maximum Gasteiger partial charge on any atom is 0.261 e. The Labute approximate surface area is 176 Å². The van der Waals surface area contributed by atoms with E-state index in [0.717, 1.165) is 31.5 Å². The van der Waals surface area contributed by atoms with Gasteiger partial charge < -0.3 is 0 Å². The highest BCUT2D eigenvalue weighted by Gasteiger charge is 2.24. The number of rotatable bonds is 4. The van der Waals surface area contributed by atoms with Gasteiger partial charge in [-0.1, -0.05) is 41.7 Å². The van der Waals surface area contributed by atoms with Gasteiger partial charge in [0, 0.05) is 10.7 Å². The number of halogens is 1. The highest BCUT2D eigenvalue weighted by atomic mass is 79.9. The van der Waals surface area contributed by atoms with Gasteiger partial charge in [-0.25, -0.2) is 4.98 Å². The van der Waals surface area contributed by atoms with Crippen molar-refractivity contribution in [2.75, 3.05) is 4.90 Å². The first-order valence-corrected chi connectivity index (χ1v) is 10.5. The third-order valence-corrected chi connectivity index (χ3v) is 6.46. The average Bonchev–Trinajstić information content (AvgIpc) is 3.16. The normalized spacial score (nSPS) is 11.0. The number of thiazole rings is 1. The lowest BCUT2D eigenvalue weighted by Crippen LogP contribution is -2.31. The smallest absolute Gasteiger partial charge is 0.261 e. The summed E-state index contributed by atoms with van der Waals surface area (Å²) in [5.41, 5.74) is 4.64. The topological polar surface area (TPSA) is 46.1 Å². The van der Waals surface area contributed by atoms with Crippen molar-refractivity contribution in [1.82, 2.24) is 9.97 Å². The molecule has 0 N–H and O–H groups in total. The molecule has 4 aromatic rings. The molecule has 2 aromatic carbocycles. The molecule has 0 aliphatic carbocycles. The van der Waals surface area contributed by atoms with Crippen LogP contribution in [-0.4, -0.2) is 15.9 Å². The Bertz CT molecular complexity index is 1120. The third kappa shape index (κ3) is 3.57. The standard InChI is InChI=1S/C22H18BrN3OS/c1-14-10-11-15(2)20-19(14)25-22(28-20)26(13-16-7-5-6-12-24-16)21(27)17-8-3-4-9-18(17)23/h3-12H,13H2,1-2H3. The fourth-order valence-electron chi connectivity index (χ4n) is 3.02. The zero-order valence-corrected chi connectivity index (χ0v) is 17.9. The van der Waals surface area contributed by atoms with E-state index in [-0.39, 0.29) is 5.91 Å². The van der Waals surface area contributed by atoms with Crippen molar-refractivity contribution < 1.29 is 4.79 Å². The Morgan fingerprint density at radius 3 is 2.50 bits per heavy atom. The van der Waals surface area contributed by atoms with Gasteiger partial charge in [-0.15, -0.1) is 0 Å². The van der Waals surface area contributed by atoms with Gasteiger partial charge in [0.25, 0.3) is 5.91 Å². The zero-order valence-electron chi connectivity index (χ0n) is 15.5. The van der Waals surface area contributed by atoms with E-state index in [0.29, 0.717) is 17.2 Å². The Kier molecular flexibility index (Phi) is 5.24. The lowest BCUT2D eigenvalue weighted by molar-refractivity contribution is 0.0984. The Morgan fingerprint density at radius 1 is 1.04 bits per heavy atom. The number of fused-ring (bicyclic) bond motifs is 1. The highest BCUT2D eigenvalue weighted by Crippen LogP contribution is 2.34. The summed E-state index contributed by atoms with van der Waals surface area (Å²) in [6, 6.07) is 17.3. The molecule has 0 radical (unpaired) electrons. The van der Waals surface area contributed by atoms with Crippen LogP contribution in [0.3, 0.4) is 0 Å². The number of anilines is 1. The first kappa shape index (κ1) is 18.8. The SMILES string of the molecule is Cc1ccc(C)c2sc(N(Cc3ccccn3)C(=O)c3ccccc3Br)nc12. The fraction of sp³-hybridized carbons (Fsp3) is 0.136. The van der Waals surface area contributed by atoms with Crippen LogP contribution in [0.15, 0.2) is 65.3 Å². The van der Waals surface area contributed by atoms with Gasteiger partial charge >= 0.3 is 0 Å². The maximum absolute atomic E-state index is 13.5. The van der Waals surface area contributed by atoms with E-state index in [1.54, 1.807) is 22.4 Å². The number of aromatic nitrogens is 2. The van der Waals surface area contributed by atoms with Gasteiger partial charge in [0.15, 0.2) is 5.13 Å². The van der Waals surface area contributed by atoms with Crippen LogP contribution in [0.5, 0.6) is 0 Å². The number of hydrogen-bond acceptors (Lipinski definition) is 4. The number of carbonyl (C=O) groups excluding carboxylic acids is 1.